The van der Waals surface area contributed by atoms with E-state index in [1.54, 1.807) is 29.2 Å². The maximum atomic E-state index is 13.7. The van der Waals surface area contributed by atoms with Crippen LogP contribution in [0.3, 0.4) is 0 Å². The number of aryl methyl sites for hydroxylation is 1. The molecule has 3 unspecified atom stereocenters. The number of hydrogen-bond donors (Lipinski definition) is 0. The second-order valence-electron chi connectivity index (χ2n) is 11.0. The first-order valence-corrected chi connectivity index (χ1v) is 14.6. The van der Waals surface area contributed by atoms with Crippen LogP contribution in [0, 0.1) is 12.8 Å². The van der Waals surface area contributed by atoms with Gasteiger partial charge in [-0.15, -0.1) is 0 Å². The Kier molecular flexibility index (Phi) is 9.55. The predicted molar refractivity (Wildman–Crippen MR) is 165 cm³/mol. The van der Waals surface area contributed by atoms with Gasteiger partial charge >= 0.3 is 5.97 Å². The molecule has 0 aromatic heterocycles. The molecule has 42 heavy (non-hydrogen) atoms. The van der Waals surface area contributed by atoms with Crippen molar-refractivity contribution in [1.82, 2.24) is 9.80 Å². The third-order valence-electron chi connectivity index (χ3n) is 7.93. The maximum absolute atomic E-state index is 13.7. The van der Waals surface area contributed by atoms with Crippen molar-refractivity contribution in [1.29, 1.82) is 0 Å². The fourth-order valence-corrected chi connectivity index (χ4v) is 5.52. The van der Waals surface area contributed by atoms with Gasteiger partial charge in [0.05, 0.1) is 11.6 Å². The first-order valence-electron chi connectivity index (χ1n) is 14.6. The molecule has 1 fully saturated rings. The van der Waals surface area contributed by atoms with Crippen LogP contribution in [0.2, 0.25) is 0 Å². The minimum atomic E-state index is -0.394. The molecule has 3 aromatic carbocycles. The number of hydrogen-bond acceptors (Lipinski definition) is 5. The summed E-state index contributed by atoms with van der Waals surface area (Å²) in [5.74, 6) is 0.577. The van der Waals surface area contributed by atoms with E-state index in [2.05, 4.69) is 17.3 Å². The lowest BCUT2D eigenvalue weighted by Gasteiger charge is -2.41. The van der Waals surface area contributed by atoms with Gasteiger partial charge in [-0.1, -0.05) is 60.2 Å². The average molecular weight is 563 g/mol. The van der Waals surface area contributed by atoms with Crippen LogP contribution in [0.25, 0.3) is 0 Å². The van der Waals surface area contributed by atoms with Crippen LogP contribution in [0.15, 0.2) is 116 Å². The molecule has 0 saturated heterocycles. The standard InChI is InChI=1S/C36H38N2O4/c1-27-12-15-31(16-13-27)36(40)42-34-21-14-29(25-38-22-8-3-4-9-23-38)24-33(34)37(2)35(39)30-17-19-32(20-18-30)41-26-28-10-6-5-7-11-28/h3-13,15-20,22-23,29,33-34H,14,21,24-26H2,1-2H3. The summed E-state index contributed by atoms with van der Waals surface area (Å²) in [6.45, 7) is 3.28. The largest absolute Gasteiger partial charge is 0.489 e. The summed E-state index contributed by atoms with van der Waals surface area (Å²) >= 11 is 0. The van der Waals surface area contributed by atoms with Crippen molar-refractivity contribution in [3.05, 3.63) is 138 Å². The minimum Gasteiger partial charge on any atom is -0.489 e. The molecule has 2 aliphatic rings. The van der Waals surface area contributed by atoms with Crippen LogP contribution < -0.4 is 4.74 Å². The van der Waals surface area contributed by atoms with Crippen LogP contribution in [0.5, 0.6) is 5.75 Å². The molecule has 0 N–H and O–H groups in total. The molecule has 1 aliphatic heterocycles. The number of amides is 1. The smallest absolute Gasteiger partial charge is 0.338 e. The van der Waals surface area contributed by atoms with E-state index in [0.717, 1.165) is 30.5 Å². The van der Waals surface area contributed by atoms with Gasteiger partial charge in [-0.3, -0.25) is 4.79 Å². The highest BCUT2D eigenvalue weighted by Crippen LogP contribution is 2.32. The van der Waals surface area contributed by atoms with E-state index in [0.29, 0.717) is 35.8 Å². The molecule has 6 nitrogen and oxygen atoms in total. The summed E-state index contributed by atoms with van der Waals surface area (Å²) < 4.78 is 12.0. The Balaban J connectivity index is 1.28. The number of esters is 1. The fourth-order valence-electron chi connectivity index (χ4n) is 5.52. The van der Waals surface area contributed by atoms with Crippen molar-refractivity contribution >= 4 is 11.9 Å². The van der Waals surface area contributed by atoms with Gasteiger partial charge in [-0.05, 0) is 86.2 Å². The van der Waals surface area contributed by atoms with E-state index in [9.17, 15) is 9.59 Å². The minimum absolute atomic E-state index is 0.106. The number of carbonyl (C=O) groups excluding carboxylic acids is 2. The Labute approximate surface area is 248 Å². The van der Waals surface area contributed by atoms with Gasteiger partial charge in [0.2, 0.25) is 0 Å². The van der Waals surface area contributed by atoms with Crippen molar-refractivity contribution in [2.75, 3.05) is 13.6 Å². The van der Waals surface area contributed by atoms with Crippen LogP contribution in [0.4, 0.5) is 0 Å². The Bertz CT molecular complexity index is 1410. The molecule has 3 atom stereocenters. The maximum Gasteiger partial charge on any atom is 0.338 e. The molecule has 0 bridgehead atoms. The molecule has 1 heterocycles. The summed E-state index contributed by atoms with van der Waals surface area (Å²) in [5.41, 5.74) is 3.25. The van der Waals surface area contributed by atoms with Crippen molar-refractivity contribution in [2.24, 2.45) is 5.92 Å². The monoisotopic (exact) mass is 562 g/mol. The van der Waals surface area contributed by atoms with Crippen LogP contribution in [0.1, 0.15) is 51.1 Å². The first-order chi connectivity index (χ1) is 20.5. The Hall–Kier alpha value is -4.58. The molecule has 0 radical (unpaired) electrons. The molecule has 5 rings (SSSR count). The van der Waals surface area contributed by atoms with Gasteiger partial charge in [0, 0.05) is 31.6 Å². The lowest BCUT2D eigenvalue weighted by molar-refractivity contribution is -0.0189. The van der Waals surface area contributed by atoms with Gasteiger partial charge in [0.1, 0.15) is 18.5 Å². The Morgan fingerprint density at radius 2 is 1.50 bits per heavy atom. The zero-order valence-electron chi connectivity index (χ0n) is 24.3. The van der Waals surface area contributed by atoms with E-state index >= 15 is 0 Å². The molecule has 0 spiro atoms. The van der Waals surface area contributed by atoms with E-state index < -0.39 is 6.10 Å². The van der Waals surface area contributed by atoms with Crippen molar-refractivity contribution < 1.29 is 19.1 Å². The van der Waals surface area contributed by atoms with E-state index in [4.69, 9.17) is 9.47 Å². The molecule has 1 aliphatic carbocycles. The third kappa shape index (κ3) is 7.58. The van der Waals surface area contributed by atoms with E-state index in [1.807, 2.05) is 92.9 Å². The van der Waals surface area contributed by atoms with Crippen LogP contribution in [-0.4, -0.2) is 47.4 Å². The van der Waals surface area contributed by atoms with Gasteiger partial charge in [-0.25, -0.2) is 4.79 Å². The molecule has 6 heteroatoms. The highest BCUT2D eigenvalue weighted by atomic mass is 16.5. The highest BCUT2D eigenvalue weighted by molar-refractivity contribution is 5.94. The molecule has 1 saturated carbocycles. The quantitative estimate of drug-likeness (QED) is 0.265. The van der Waals surface area contributed by atoms with Gasteiger partial charge in [0.15, 0.2) is 0 Å². The molecule has 3 aromatic rings. The van der Waals surface area contributed by atoms with Gasteiger partial charge in [-0.2, -0.15) is 0 Å². The summed E-state index contributed by atoms with van der Waals surface area (Å²) in [6.07, 6.45) is 14.1. The summed E-state index contributed by atoms with van der Waals surface area (Å²) in [7, 11) is 1.82. The van der Waals surface area contributed by atoms with Gasteiger partial charge < -0.3 is 19.3 Å². The normalized spacial score (nSPS) is 19.7. The van der Waals surface area contributed by atoms with Crippen LogP contribution in [-0.2, 0) is 11.3 Å². The number of benzene rings is 3. The lowest BCUT2D eigenvalue weighted by atomic mass is 9.82. The highest BCUT2D eigenvalue weighted by Gasteiger charge is 2.38. The summed E-state index contributed by atoms with van der Waals surface area (Å²) in [5, 5.41) is 0. The average Bonchev–Trinajstić information content (AvgIpc) is 3.30. The lowest BCUT2D eigenvalue weighted by Crippen LogP contribution is -2.50. The number of likely N-dealkylation sites (N-methyl/N-ethyl adjacent to an activating group) is 1. The first kappa shape index (κ1) is 28.9. The molecular weight excluding hydrogens is 524 g/mol. The Morgan fingerprint density at radius 3 is 2.19 bits per heavy atom. The van der Waals surface area contributed by atoms with E-state index in [1.165, 1.54) is 0 Å². The number of carbonyl (C=O) groups is 2. The number of rotatable bonds is 9. The molecule has 216 valence electrons. The number of ether oxygens (including phenoxy) is 2. The molecule has 1 amide bonds. The van der Waals surface area contributed by atoms with E-state index in [-0.39, 0.29) is 17.9 Å². The second-order valence-corrected chi connectivity index (χ2v) is 11.0. The predicted octanol–water partition coefficient (Wildman–Crippen LogP) is 6.94. The fraction of sp³-hybridized carbons (Fsp3) is 0.278. The van der Waals surface area contributed by atoms with Crippen molar-refractivity contribution in [2.45, 2.75) is 44.9 Å². The Morgan fingerprint density at radius 1 is 0.833 bits per heavy atom. The SMILES string of the molecule is Cc1ccc(C(=O)OC2CCC(CN3C=CC=CC=C3)CC2N(C)C(=O)c2ccc(OCc3ccccc3)cc2)cc1. The zero-order valence-corrected chi connectivity index (χ0v) is 24.3. The second kappa shape index (κ2) is 13.9. The van der Waals surface area contributed by atoms with Crippen LogP contribution >= 0.6 is 0 Å². The summed E-state index contributed by atoms with van der Waals surface area (Å²) in [6, 6.07) is 24.4. The topological polar surface area (TPSA) is 59.1 Å². The van der Waals surface area contributed by atoms with Gasteiger partial charge in [0.25, 0.3) is 5.91 Å². The number of allylic oxidation sites excluding steroid dienone is 4. The number of nitrogens with zero attached hydrogens (tertiary/aromatic N) is 2. The summed E-state index contributed by atoms with van der Waals surface area (Å²) in [4.78, 5) is 30.8. The molecular formula is C36H38N2O4. The third-order valence-corrected chi connectivity index (χ3v) is 7.93. The zero-order chi connectivity index (χ0) is 29.3. The van der Waals surface area contributed by atoms with Crippen molar-refractivity contribution in [3.63, 3.8) is 0 Å². The van der Waals surface area contributed by atoms with Crippen molar-refractivity contribution in [3.8, 4) is 5.75 Å².